The summed E-state index contributed by atoms with van der Waals surface area (Å²) in [7, 11) is -5.17. The Labute approximate surface area is 365 Å². The minimum Gasteiger partial charge on any atom is -0.759 e. The van der Waals surface area contributed by atoms with Gasteiger partial charge in [-0.3, -0.25) is 8.42 Å². The second kappa shape index (κ2) is 44.6. The molecule has 0 saturated carbocycles. The number of aliphatic carboxylic acids is 2. The zero-order chi connectivity index (χ0) is 31.2. The van der Waals surface area contributed by atoms with Crippen LogP contribution in [0.2, 0.25) is 0 Å². The zero-order valence-corrected chi connectivity index (χ0v) is 38.9. The molecule has 0 bridgehead atoms. The molecular formula is C32H58Na4O8S. The van der Waals surface area contributed by atoms with Gasteiger partial charge in [0.2, 0.25) is 0 Å². The Morgan fingerprint density at radius 2 is 0.556 bits per heavy atom. The van der Waals surface area contributed by atoms with Crippen LogP contribution in [0.25, 0.3) is 0 Å². The fourth-order valence-electron chi connectivity index (χ4n) is 5.04. The van der Waals surface area contributed by atoms with E-state index in [1.807, 2.05) is 0 Å². The molecule has 0 radical (unpaired) electrons. The molecule has 0 saturated heterocycles. The van der Waals surface area contributed by atoms with Gasteiger partial charge in [0.1, 0.15) is 0 Å². The van der Waals surface area contributed by atoms with Crippen molar-refractivity contribution in [1.29, 1.82) is 0 Å². The Hall–Kier alpha value is 2.55. The Balaban J connectivity index is -0.000000389. The van der Waals surface area contributed by atoms with Gasteiger partial charge in [0.25, 0.3) is 0 Å². The van der Waals surface area contributed by atoms with E-state index < -0.39 is 22.3 Å². The maximum Gasteiger partial charge on any atom is 1.00 e. The number of unbranched alkanes of at least 4 members (excludes halogenated alkanes) is 22. The zero-order valence-electron chi connectivity index (χ0n) is 30.1. The summed E-state index contributed by atoms with van der Waals surface area (Å²) in [5.74, 6) is -2.67. The van der Waals surface area contributed by atoms with Crippen LogP contribution >= 0.6 is 0 Å². The summed E-state index contributed by atoms with van der Waals surface area (Å²) in [4.78, 5) is 23.3. The van der Waals surface area contributed by atoms with E-state index in [-0.39, 0.29) is 142 Å². The first-order chi connectivity index (χ1) is 19.5. The van der Waals surface area contributed by atoms with E-state index in [2.05, 4.69) is 13.8 Å². The molecule has 0 rings (SSSR count). The van der Waals surface area contributed by atoms with Gasteiger partial charge in [0.05, 0.1) is 11.9 Å². The molecule has 0 heterocycles. The Morgan fingerprint density at radius 1 is 0.400 bits per heavy atom. The van der Waals surface area contributed by atoms with Gasteiger partial charge in [0, 0.05) is 10.4 Å². The van der Waals surface area contributed by atoms with E-state index in [0.717, 1.165) is 25.7 Å². The molecule has 0 aliphatic carbocycles. The summed E-state index contributed by atoms with van der Waals surface area (Å²) in [5.41, 5.74) is -0.0738. The van der Waals surface area contributed by atoms with Gasteiger partial charge in [-0.25, -0.2) is 0 Å². The summed E-state index contributed by atoms with van der Waals surface area (Å²) in [5, 5.41) is 23.3. The van der Waals surface area contributed by atoms with E-state index >= 15 is 0 Å². The topological polar surface area (TPSA) is 161 Å². The molecule has 8 nitrogen and oxygen atoms in total. The summed E-state index contributed by atoms with van der Waals surface area (Å²) >= 11 is 0. The minimum atomic E-state index is -5.17. The maximum atomic E-state index is 11.6. The van der Waals surface area contributed by atoms with Gasteiger partial charge < -0.3 is 28.9 Å². The molecule has 0 aromatic heterocycles. The molecule has 0 unspecified atom stereocenters. The van der Waals surface area contributed by atoms with E-state index in [4.69, 9.17) is 17.5 Å². The molecule has 0 fully saturated rings. The Kier molecular flexibility index (Phi) is 59.1. The summed E-state index contributed by atoms with van der Waals surface area (Å²) in [6.07, 6.45) is 29.4. The van der Waals surface area contributed by atoms with Crippen LogP contribution in [0.1, 0.15) is 181 Å². The van der Waals surface area contributed by atoms with Crippen LogP contribution in [-0.4, -0.2) is 29.5 Å². The number of carbonyl (C=O) groups excluding carboxylic acids is 2. The first-order valence-corrected chi connectivity index (χ1v) is 17.7. The smallest absolute Gasteiger partial charge is 0.759 e. The second-order valence-electron chi connectivity index (χ2n) is 11.2. The molecule has 0 aliphatic rings. The van der Waals surface area contributed by atoms with Crippen molar-refractivity contribution in [2.75, 3.05) is 0 Å². The van der Waals surface area contributed by atoms with Crippen molar-refractivity contribution in [3.05, 3.63) is 11.1 Å². The van der Waals surface area contributed by atoms with Crippen molar-refractivity contribution in [2.24, 2.45) is 0 Å². The first-order valence-electron chi connectivity index (χ1n) is 16.4. The molecule has 0 N–H and O–H groups in total. The second-order valence-corrected chi connectivity index (χ2v) is 12.0. The van der Waals surface area contributed by atoms with Crippen LogP contribution in [0.5, 0.6) is 0 Å². The molecule has 244 valence electrons. The van der Waals surface area contributed by atoms with Gasteiger partial charge >= 0.3 is 118 Å². The number of carbonyl (C=O) groups is 2. The largest absolute Gasteiger partial charge is 1.00 e. The van der Waals surface area contributed by atoms with E-state index in [0.29, 0.717) is 12.8 Å². The van der Waals surface area contributed by atoms with Crippen molar-refractivity contribution in [1.82, 2.24) is 0 Å². The summed E-state index contributed by atoms with van der Waals surface area (Å²) in [6, 6.07) is 0. The van der Waals surface area contributed by atoms with Crippen molar-refractivity contribution in [3.63, 3.8) is 0 Å². The predicted molar refractivity (Wildman–Crippen MR) is 159 cm³/mol. The molecular weight excluding hydrogens is 636 g/mol. The van der Waals surface area contributed by atoms with Crippen LogP contribution in [0.4, 0.5) is 0 Å². The average Bonchev–Trinajstić information content (AvgIpc) is 2.89. The standard InChI is InChI=1S/C32H60O4.4Na.H2O4S/c1-3-5-7-9-11-13-15-17-19-21-23-25-27-29(31(33)34)30(32(35)36)28-26-24-22-20-18-16-14-12-10-8-6-4-2;;;;;1-5(2,3)4/h3-28H2,1-2H3,(H,33,34)(H,35,36);;;;;(H2,1,2,3,4)/q;4*+1;/p-4/b30-29-;;;;;. The van der Waals surface area contributed by atoms with Crippen LogP contribution in [-0.2, 0) is 20.0 Å². The third-order valence-corrected chi connectivity index (χ3v) is 7.42. The van der Waals surface area contributed by atoms with Crippen LogP contribution in [0, 0.1) is 0 Å². The van der Waals surface area contributed by atoms with Gasteiger partial charge in [-0.15, -0.1) is 0 Å². The molecule has 0 aromatic rings. The third-order valence-electron chi connectivity index (χ3n) is 7.42. The number of rotatable bonds is 28. The van der Waals surface area contributed by atoms with E-state index in [1.165, 1.54) is 116 Å². The monoisotopic (exact) mass is 694 g/mol. The molecule has 0 aliphatic heterocycles. The number of carboxylic acid groups (broad SMARTS) is 2. The maximum absolute atomic E-state index is 11.6. The van der Waals surface area contributed by atoms with Crippen molar-refractivity contribution < 1.29 is 156 Å². The molecule has 45 heavy (non-hydrogen) atoms. The van der Waals surface area contributed by atoms with Crippen molar-refractivity contribution in [2.45, 2.75) is 181 Å². The first kappa shape index (κ1) is 59.7. The van der Waals surface area contributed by atoms with Gasteiger partial charge in [-0.1, -0.05) is 155 Å². The molecule has 0 spiro atoms. The van der Waals surface area contributed by atoms with Gasteiger partial charge in [0.15, 0.2) is 0 Å². The summed E-state index contributed by atoms with van der Waals surface area (Å²) in [6.45, 7) is 4.48. The minimum absolute atomic E-state index is 0. The fraction of sp³-hybridized carbons (Fsp3) is 0.875. The van der Waals surface area contributed by atoms with E-state index in [9.17, 15) is 19.8 Å². The van der Waals surface area contributed by atoms with Gasteiger partial charge in [-0.2, -0.15) is 0 Å². The van der Waals surface area contributed by atoms with Crippen LogP contribution in [0.15, 0.2) is 11.1 Å². The number of hydrogen-bond acceptors (Lipinski definition) is 8. The Morgan fingerprint density at radius 3 is 0.711 bits per heavy atom. The van der Waals surface area contributed by atoms with Crippen molar-refractivity contribution >= 4 is 22.3 Å². The molecule has 0 atom stereocenters. The number of carboxylic acids is 2. The Bertz CT molecular complexity index is 725. The fourth-order valence-corrected chi connectivity index (χ4v) is 5.04. The molecule has 13 heteroatoms. The molecule has 0 aromatic carbocycles. The summed E-state index contributed by atoms with van der Waals surface area (Å²) < 4.78 is 34.1. The normalized spacial score (nSPS) is 10.9. The van der Waals surface area contributed by atoms with Gasteiger partial charge in [-0.05, 0) is 36.8 Å². The van der Waals surface area contributed by atoms with Crippen molar-refractivity contribution in [3.8, 4) is 0 Å². The third kappa shape index (κ3) is 51.0. The van der Waals surface area contributed by atoms with Crippen LogP contribution in [0.3, 0.4) is 0 Å². The quantitative estimate of drug-likeness (QED) is 0.0258. The van der Waals surface area contributed by atoms with Crippen LogP contribution < -0.4 is 128 Å². The number of hydrogen-bond donors (Lipinski definition) is 0. The molecule has 0 amide bonds. The predicted octanol–water partition coefficient (Wildman–Crippen LogP) is -5.36. The van der Waals surface area contributed by atoms with E-state index in [1.54, 1.807) is 0 Å². The SMILES string of the molecule is CCCCCCCCCCCCCC/C(C(=O)[O-])=C(\CCCCCCCCCCCCCC)C(=O)[O-].O=S(=O)([O-])[O-].[Na+].[Na+].[Na+].[Na+]. The average molecular weight is 695 g/mol.